The average Bonchev–Trinajstić information content (AvgIpc) is 2.22. The van der Waals surface area contributed by atoms with Gasteiger partial charge in [-0.3, -0.25) is 9.59 Å². The minimum absolute atomic E-state index is 0.00850. The summed E-state index contributed by atoms with van der Waals surface area (Å²) >= 11 is 1.50. The Balaban J connectivity index is 3.55. The zero-order valence-electron chi connectivity index (χ0n) is 9.79. The molecule has 0 fully saturated rings. The minimum atomic E-state index is -0.0363. The van der Waals surface area contributed by atoms with Crippen molar-refractivity contribution in [1.29, 1.82) is 0 Å². The summed E-state index contributed by atoms with van der Waals surface area (Å²) in [5, 5.41) is 5.45. The monoisotopic (exact) mass is 232 g/mol. The molecule has 0 saturated carbocycles. The van der Waals surface area contributed by atoms with E-state index in [2.05, 4.69) is 10.6 Å². The highest BCUT2D eigenvalue weighted by Crippen LogP contribution is 2.03. The van der Waals surface area contributed by atoms with Gasteiger partial charge < -0.3 is 10.6 Å². The molecule has 0 radical (unpaired) electrons. The van der Waals surface area contributed by atoms with Gasteiger partial charge in [-0.15, -0.1) is 0 Å². The smallest absolute Gasteiger partial charge is 0.232 e. The van der Waals surface area contributed by atoms with E-state index in [9.17, 15) is 9.59 Å². The third-order valence-electron chi connectivity index (χ3n) is 1.97. The van der Waals surface area contributed by atoms with Crippen molar-refractivity contribution >= 4 is 23.6 Å². The van der Waals surface area contributed by atoms with Crippen molar-refractivity contribution in [2.45, 2.75) is 26.0 Å². The van der Waals surface area contributed by atoms with Crippen LogP contribution in [0.15, 0.2) is 0 Å². The van der Waals surface area contributed by atoms with Crippen molar-refractivity contribution in [3.63, 3.8) is 0 Å². The van der Waals surface area contributed by atoms with Gasteiger partial charge in [-0.05, 0) is 13.2 Å². The summed E-state index contributed by atoms with van der Waals surface area (Å²) in [7, 11) is 0. The number of hydrogen-bond acceptors (Lipinski definition) is 3. The van der Waals surface area contributed by atoms with E-state index in [0.29, 0.717) is 13.1 Å². The van der Waals surface area contributed by atoms with Crippen LogP contribution in [0.2, 0.25) is 0 Å². The zero-order chi connectivity index (χ0) is 11.8. The maximum atomic E-state index is 11.3. The van der Waals surface area contributed by atoms with E-state index < -0.39 is 0 Å². The van der Waals surface area contributed by atoms with E-state index in [4.69, 9.17) is 0 Å². The van der Waals surface area contributed by atoms with Crippen molar-refractivity contribution in [1.82, 2.24) is 10.6 Å². The largest absolute Gasteiger partial charge is 0.354 e. The highest BCUT2D eigenvalue weighted by molar-refractivity contribution is 7.99. The van der Waals surface area contributed by atoms with Crippen LogP contribution in [0.1, 0.15) is 20.8 Å². The molecule has 1 atom stereocenters. The first kappa shape index (κ1) is 14.3. The number of amides is 2. The number of hydrogen-bond donors (Lipinski definition) is 2. The molecular weight excluding hydrogens is 212 g/mol. The van der Waals surface area contributed by atoms with Crippen LogP contribution in [0.5, 0.6) is 0 Å². The molecule has 0 heterocycles. The Hall–Kier alpha value is -0.710. The topological polar surface area (TPSA) is 58.2 Å². The highest BCUT2D eigenvalue weighted by atomic mass is 32.2. The normalized spacial score (nSPS) is 12.3. The van der Waals surface area contributed by atoms with Gasteiger partial charge in [-0.2, -0.15) is 11.8 Å². The molecule has 0 aliphatic rings. The highest BCUT2D eigenvalue weighted by Gasteiger charge is 2.10. The summed E-state index contributed by atoms with van der Waals surface area (Å²) in [5.74, 6) is 0.0225. The summed E-state index contributed by atoms with van der Waals surface area (Å²) in [6.07, 6.45) is 1.89. The summed E-state index contributed by atoms with van der Waals surface area (Å²) in [6, 6.07) is 0. The fourth-order valence-corrected chi connectivity index (χ4v) is 1.12. The molecule has 0 aromatic carbocycles. The summed E-state index contributed by atoms with van der Waals surface area (Å²) in [4.78, 5) is 22.5. The number of carbonyl (C=O) groups is 2. The molecule has 2 N–H and O–H groups in total. The van der Waals surface area contributed by atoms with Crippen LogP contribution < -0.4 is 10.6 Å². The molecule has 1 unspecified atom stereocenters. The minimum Gasteiger partial charge on any atom is -0.354 e. The van der Waals surface area contributed by atoms with Crippen LogP contribution in [-0.4, -0.2) is 36.4 Å². The van der Waals surface area contributed by atoms with Crippen LogP contribution in [0.4, 0.5) is 0 Å². The molecule has 2 amide bonds. The first-order chi connectivity index (χ1) is 6.99. The molecular formula is C10H20N2O2S. The lowest BCUT2D eigenvalue weighted by Crippen LogP contribution is -2.38. The van der Waals surface area contributed by atoms with Gasteiger partial charge in [0, 0.05) is 19.0 Å². The summed E-state index contributed by atoms with van der Waals surface area (Å²) < 4.78 is 0. The number of thioether (sulfide) groups is 1. The van der Waals surface area contributed by atoms with Gasteiger partial charge in [-0.25, -0.2) is 0 Å². The van der Waals surface area contributed by atoms with Gasteiger partial charge in [0.05, 0.1) is 5.25 Å². The average molecular weight is 232 g/mol. The second-order valence-corrected chi connectivity index (χ2v) is 4.79. The third kappa shape index (κ3) is 6.38. The van der Waals surface area contributed by atoms with Crippen molar-refractivity contribution in [3.05, 3.63) is 0 Å². The van der Waals surface area contributed by atoms with E-state index in [-0.39, 0.29) is 23.0 Å². The molecule has 0 aliphatic heterocycles. The molecule has 0 saturated heterocycles. The zero-order valence-corrected chi connectivity index (χ0v) is 10.6. The lowest BCUT2D eigenvalue weighted by Gasteiger charge is -2.11. The van der Waals surface area contributed by atoms with E-state index in [1.165, 1.54) is 11.8 Å². The van der Waals surface area contributed by atoms with Gasteiger partial charge in [0.15, 0.2) is 0 Å². The molecule has 0 aromatic rings. The Bertz CT molecular complexity index is 219. The van der Waals surface area contributed by atoms with Crippen LogP contribution in [0.25, 0.3) is 0 Å². The second kappa shape index (κ2) is 7.56. The van der Waals surface area contributed by atoms with Crippen LogP contribution >= 0.6 is 11.8 Å². The lowest BCUT2D eigenvalue weighted by atomic mass is 10.2. The standard InChI is InChI=1S/C10H20N2O2S/c1-7(2)9(13)11-5-6-12-10(14)8(3)15-4/h7-8H,5-6H2,1-4H3,(H,11,13)(H,12,14). The molecule has 0 spiro atoms. The van der Waals surface area contributed by atoms with Crippen LogP contribution in [-0.2, 0) is 9.59 Å². The molecule has 4 nitrogen and oxygen atoms in total. The Morgan fingerprint density at radius 3 is 1.93 bits per heavy atom. The van der Waals surface area contributed by atoms with Crippen molar-refractivity contribution in [3.8, 4) is 0 Å². The molecule has 15 heavy (non-hydrogen) atoms. The van der Waals surface area contributed by atoms with Crippen molar-refractivity contribution in [2.75, 3.05) is 19.3 Å². The Morgan fingerprint density at radius 1 is 1.07 bits per heavy atom. The maximum Gasteiger partial charge on any atom is 0.232 e. The van der Waals surface area contributed by atoms with Gasteiger partial charge >= 0.3 is 0 Å². The molecule has 0 bridgehead atoms. The Kier molecular flexibility index (Phi) is 7.21. The van der Waals surface area contributed by atoms with Crippen molar-refractivity contribution < 1.29 is 9.59 Å². The molecule has 5 heteroatoms. The van der Waals surface area contributed by atoms with Crippen LogP contribution in [0, 0.1) is 5.92 Å². The van der Waals surface area contributed by atoms with Gasteiger partial charge in [0.2, 0.25) is 11.8 Å². The lowest BCUT2D eigenvalue weighted by molar-refractivity contribution is -0.124. The second-order valence-electron chi connectivity index (χ2n) is 3.61. The summed E-state index contributed by atoms with van der Waals surface area (Å²) in [6.45, 7) is 6.51. The third-order valence-corrected chi connectivity index (χ3v) is 2.89. The first-order valence-corrected chi connectivity index (χ1v) is 6.36. The van der Waals surface area contributed by atoms with E-state index >= 15 is 0 Å². The van der Waals surface area contributed by atoms with Gasteiger partial charge in [-0.1, -0.05) is 13.8 Å². The first-order valence-electron chi connectivity index (χ1n) is 5.07. The molecule has 0 aromatic heterocycles. The Morgan fingerprint density at radius 2 is 1.53 bits per heavy atom. The maximum absolute atomic E-state index is 11.3. The predicted molar refractivity (Wildman–Crippen MR) is 63.8 cm³/mol. The number of rotatable bonds is 6. The summed E-state index contributed by atoms with van der Waals surface area (Å²) in [5.41, 5.74) is 0. The van der Waals surface area contributed by atoms with E-state index in [0.717, 1.165) is 0 Å². The fraction of sp³-hybridized carbons (Fsp3) is 0.800. The number of carbonyl (C=O) groups excluding carboxylic acids is 2. The number of nitrogens with one attached hydrogen (secondary N) is 2. The van der Waals surface area contributed by atoms with Gasteiger partial charge in [0.1, 0.15) is 0 Å². The predicted octanol–water partition coefficient (Wildman–Crippen LogP) is 0.626. The quantitative estimate of drug-likeness (QED) is 0.660. The Labute approximate surface area is 95.6 Å². The molecule has 0 rings (SSSR count). The van der Waals surface area contributed by atoms with Crippen LogP contribution in [0.3, 0.4) is 0 Å². The van der Waals surface area contributed by atoms with E-state index in [1.54, 1.807) is 0 Å². The molecule has 0 aliphatic carbocycles. The molecule has 88 valence electrons. The van der Waals surface area contributed by atoms with Gasteiger partial charge in [0.25, 0.3) is 0 Å². The SMILES string of the molecule is CSC(C)C(=O)NCCNC(=O)C(C)C. The van der Waals surface area contributed by atoms with E-state index in [1.807, 2.05) is 27.0 Å². The fourth-order valence-electron chi connectivity index (χ4n) is 0.826. The van der Waals surface area contributed by atoms with Crippen molar-refractivity contribution in [2.24, 2.45) is 5.92 Å².